The summed E-state index contributed by atoms with van der Waals surface area (Å²) in [4.78, 5) is 22.6. The van der Waals surface area contributed by atoms with Crippen LogP contribution in [0.3, 0.4) is 0 Å². The second-order valence-corrected chi connectivity index (χ2v) is 42.4. The van der Waals surface area contributed by atoms with Gasteiger partial charge < -0.3 is 0 Å². The van der Waals surface area contributed by atoms with Crippen molar-refractivity contribution in [3.63, 3.8) is 0 Å². The van der Waals surface area contributed by atoms with E-state index >= 15 is 0 Å². The minimum absolute atomic E-state index is 0.209. The summed E-state index contributed by atoms with van der Waals surface area (Å²) in [5, 5.41) is 13.4. The average Bonchev–Trinajstić information content (AvgIpc) is 0.910. The van der Waals surface area contributed by atoms with Gasteiger partial charge >= 0.3 is 0 Å². The third-order valence-electron chi connectivity index (χ3n) is 31.3. The van der Waals surface area contributed by atoms with Gasteiger partial charge in [-0.25, -0.2) is 26.3 Å². The van der Waals surface area contributed by atoms with Gasteiger partial charge in [-0.1, -0.05) is 322 Å². The predicted octanol–water partition coefficient (Wildman–Crippen LogP) is 43.6. The Morgan fingerprint density at radius 1 is 0.209 bits per heavy atom. The normalized spacial score (nSPS) is 20.9. The van der Waals surface area contributed by atoms with E-state index in [9.17, 15) is 26.3 Å². The van der Waals surface area contributed by atoms with Gasteiger partial charge in [0.15, 0.2) is 5.82 Å². The van der Waals surface area contributed by atoms with Gasteiger partial charge in [-0.2, -0.15) is 30.0 Å². The van der Waals surface area contributed by atoms with Crippen LogP contribution < -0.4 is 0 Å². The molecule has 762 valence electrons. The molecule has 6 aromatic carbocycles. The minimum Gasteiger partial charge on any atom is -0.205 e. The van der Waals surface area contributed by atoms with E-state index in [-0.39, 0.29) is 34.9 Å². The molecule has 6 aromatic rings. The number of hydrogen-bond acceptors (Lipinski definition) is 12. The Morgan fingerprint density at radius 2 is 0.403 bits per heavy atom. The largest absolute Gasteiger partial charge is 0.205 e. The lowest BCUT2D eigenvalue weighted by Crippen LogP contribution is -2.14. The molecule has 0 radical (unpaired) electrons. The Morgan fingerprint density at radius 3 is 0.626 bits per heavy atom. The van der Waals surface area contributed by atoms with E-state index in [2.05, 4.69) is 176 Å². The molecule has 6 fully saturated rings. The van der Waals surface area contributed by atoms with Crippen LogP contribution in [0.25, 0.3) is 0 Å². The number of isothiocyanates is 6. The number of halogens is 6. The summed E-state index contributed by atoms with van der Waals surface area (Å²) < 4.78 is 84.2. The van der Waals surface area contributed by atoms with Gasteiger partial charge in [0.2, 0.25) is 0 Å². The van der Waals surface area contributed by atoms with Crippen LogP contribution in [0.1, 0.15) is 502 Å². The van der Waals surface area contributed by atoms with Crippen LogP contribution in [-0.2, 0) is 0 Å². The van der Waals surface area contributed by atoms with Crippen molar-refractivity contribution in [2.24, 2.45) is 65.5 Å². The van der Waals surface area contributed by atoms with Crippen molar-refractivity contribution in [2.75, 3.05) is 0 Å². The van der Waals surface area contributed by atoms with Crippen molar-refractivity contribution >= 4 is 138 Å². The molecule has 0 bridgehead atoms. The summed E-state index contributed by atoms with van der Waals surface area (Å²) >= 11 is 27.3. The van der Waals surface area contributed by atoms with E-state index < -0.39 is 0 Å². The standard InChI is InChI=1S/C25H38FNS.C23H34FNS.C22H32FNS.C18H24FNS.C17H22FNS.C16H20FNS/c1-2-3-4-5-6-7-8-9-10-11-12-21-13-15-22(16-14-21)23-17-18-25(27-20-28)24(26)19-23;1-2-3-4-5-6-7-8-9-10-19-11-13-20(14-12-19)21-15-16-23(25-18-26)22(24)17-21;1-2-3-4-5-6-7-8-9-18-10-12-19(13-11-18)20-14-15-22(24-17-25)21(23)16-20;1-2-3-4-5-14-6-8-15(9-7-14)16-10-11-18(20-13-21)17(19)12-16;1-2-3-4-13-5-7-14(8-6-13)15-9-10-17(19-12-20)16(18)11-15;1-2-4-12-7-9-13(10-8-12)14-5-3-6-15(16(14)17)18-11-19/h17-19,21-22H,2-16H2,1H3;15-17,19-20H,2-14H2,1H3;14-16,18-19H,2-13H2,1H3;10-12,14-15H,2-9H2,1H3;9-11,13-14H,2-8H2,1H3;3,5-6,12-13H,2,4,7-10H2,1H3. The minimum atomic E-state index is -0.284. The molecular weight excluding hydrogens is 1840 g/mol. The fraction of sp³-hybridized carbons (Fsp3) is 0.653. The fourth-order valence-electron chi connectivity index (χ4n) is 22.7. The molecule has 0 aliphatic heterocycles. The molecule has 0 spiro atoms. The number of nitrogens with zero attached hydrogens (tertiary/aromatic N) is 6. The summed E-state index contributed by atoms with van der Waals surface area (Å²) in [7, 11) is 0. The number of hydrogen-bond donors (Lipinski definition) is 0. The Bertz CT molecular complexity index is 4700. The van der Waals surface area contributed by atoms with E-state index in [0.29, 0.717) is 69.6 Å². The van der Waals surface area contributed by atoms with Crippen molar-refractivity contribution < 1.29 is 26.3 Å². The number of thiocarbonyl (C=S) groups is 6. The summed E-state index contributed by atoms with van der Waals surface area (Å²) in [6, 6.07) is 32.3. The zero-order chi connectivity index (χ0) is 99.7. The van der Waals surface area contributed by atoms with Crippen LogP contribution in [-0.4, -0.2) is 31.0 Å². The van der Waals surface area contributed by atoms with E-state index in [4.69, 9.17) is 0 Å². The molecule has 0 N–H and O–H groups in total. The third kappa shape index (κ3) is 46.7. The highest BCUT2D eigenvalue weighted by molar-refractivity contribution is 7.79. The lowest BCUT2D eigenvalue weighted by atomic mass is 9.77. The molecule has 18 heteroatoms. The summed E-state index contributed by atoms with van der Waals surface area (Å²) in [6.07, 6.45) is 80.6. The molecule has 0 amide bonds. The highest BCUT2D eigenvalue weighted by atomic mass is 32.1. The molecule has 0 saturated heterocycles. The molecule has 6 saturated carbocycles. The van der Waals surface area contributed by atoms with E-state index in [1.54, 1.807) is 66.7 Å². The molecule has 6 aliphatic rings. The number of rotatable bonds is 49. The Kier molecular flexibility index (Phi) is 63.4. The average molecular weight is 2020 g/mol. The quantitative estimate of drug-likeness (QED) is 0.0164. The Labute approximate surface area is 869 Å². The molecule has 139 heavy (non-hydrogen) atoms. The first-order valence-corrected chi connectivity index (χ1v) is 57.6. The van der Waals surface area contributed by atoms with Gasteiger partial charge in [0.25, 0.3) is 0 Å². The van der Waals surface area contributed by atoms with E-state index in [1.165, 1.54) is 379 Å². The van der Waals surface area contributed by atoms with Gasteiger partial charge in [0.1, 0.15) is 63.2 Å². The van der Waals surface area contributed by atoms with Crippen molar-refractivity contribution in [2.45, 2.75) is 469 Å². The van der Waals surface area contributed by atoms with Gasteiger partial charge in [0.05, 0.1) is 31.0 Å². The van der Waals surface area contributed by atoms with E-state index in [0.717, 1.165) is 81.7 Å². The topological polar surface area (TPSA) is 74.2 Å². The zero-order valence-corrected chi connectivity index (χ0v) is 90.8. The first-order valence-electron chi connectivity index (χ1n) is 55.2. The Hall–Kier alpha value is -6.30. The van der Waals surface area contributed by atoms with Crippen molar-refractivity contribution in [1.82, 2.24) is 0 Å². The maximum Gasteiger partial charge on any atom is 0.153 e. The van der Waals surface area contributed by atoms with Gasteiger partial charge in [-0.3, -0.25) is 0 Å². The molecule has 0 atom stereocenters. The van der Waals surface area contributed by atoms with Crippen molar-refractivity contribution in [3.05, 3.63) is 177 Å². The van der Waals surface area contributed by atoms with Gasteiger partial charge in [-0.15, -0.1) is 0 Å². The van der Waals surface area contributed by atoms with Crippen LogP contribution in [0.4, 0.5) is 60.5 Å². The predicted molar refractivity (Wildman–Crippen MR) is 600 cm³/mol. The number of aliphatic imine (C=N–C) groups is 6. The highest BCUT2D eigenvalue weighted by Crippen LogP contribution is 2.46. The maximum atomic E-state index is 14.3. The highest BCUT2D eigenvalue weighted by Gasteiger charge is 2.30. The SMILES string of the molecule is CCCC1CCC(c2cccc(N=C=S)c2F)CC1.CCCCC1CCC(c2ccc(N=C=S)c(F)c2)CC1.CCCCCC1CCC(c2ccc(N=C=S)c(F)c2)CC1.CCCCCCCCCC1CCC(c2ccc(N=C=S)c(F)c2)CC1.CCCCCCCCCCC1CCC(c2ccc(N=C=S)c(F)c2)CC1.CCCCCCCCCCCCC1CCC(c2ccc(N=C=S)c(F)c2)CC1. The second-order valence-electron chi connectivity index (χ2n) is 41.3. The third-order valence-corrected chi connectivity index (χ3v) is 31.8. The van der Waals surface area contributed by atoms with Gasteiger partial charge in [0, 0.05) is 0 Å². The molecule has 6 aliphatic carbocycles. The van der Waals surface area contributed by atoms with Crippen LogP contribution in [0.15, 0.2) is 139 Å². The van der Waals surface area contributed by atoms with Crippen LogP contribution in [0.2, 0.25) is 0 Å². The first-order chi connectivity index (χ1) is 68.0. The molecule has 0 unspecified atom stereocenters. The van der Waals surface area contributed by atoms with Crippen LogP contribution >= 0.6 is 73.3 Å². The fourth-order valence-corrected chi connectivity index (χ4v) is 23.3. The number of benzene rings is 6. The zero-order valence-electron chi connectivity index (χ0n) is 85.9. The maximum absolute atomic E-state index is 14.3. The van der Waals surface area contributed by atoms with Crippen LogP contribution in [0, 0.1) is 70.4 Å². The van der Waals surface area contributed by atoms with E-state index in [1.807, 2.05) is 42.5 Å². The first kappa shape index (κ1) is 120. The Balaban J connectivity index is 0.000000228. The molecule has 12 rings (SSSR count). The molecule has 0 heterocycles. The number of unbranched alkanes of at least 4 members (excludes halogenated alkanes) is 25. The monoisotopic (exact) mass is 2010 g/mol. The van der Waals surface area contributed by atoms with Crippen LogP contribution in [0.5, 0.6) is 0 Å². The van der Waals surface area contributed by atoms with Crippen molar-refractivity contribution in [3.8, 4) is 0 Å². The molecule has 6 nitrogen and oxygen atoms in total. The van der Waals surface area contributed by atoms with Gasteiger partial charge in [-0.05, 0) is 399 Å². The lowest BCUT2D eigenvalue weighted by molar-refractivity contribution is 0.301. The summed E-state index contributed by atoms with van der Waals surface area (Å²) in [5.41, 5.74) is 8.20. The second kappa shape index (κ2) is 73.7. The summed E-state index contributed by atoms with van der Waals surface area (Å²) in [6.45, 7) is 13.6. The summed E-state index contributed by atoms with van der Waals surface area (Å²) in [5.74, 6) is 6.52. The van der Waals surface area contributed by atoms with Crippen molar-refractivity contribution in [1.29, 1.82) is 0 Å². The molecule has 0 aromatic heterocycles. The molecular formula is C121H170F6N6S6. The lowest BCUT2D eigenvalue weighted by Gasteiger charge is -2.29. The smallest absolute Gasteiger partial charge is 0.153 e.